The van der Waals surface area contributed by atoms with Crippen LogP contribution < -0.4 is 0 Å². The van der Waals surface area contributed by atoms with Crippen molar-refractivity contribution in [3.63, 3.8) is 0 Å². The van der Waals surface area contributed by atoms with Crippen molar-refractivity contribution in [2.24, 2.45) is 7.05 Å². The molecule has 0 radical (unpaired) electrons. The van der Waals surface area contributed by atoms with E-state index in [1.165, 1.54) is 23.9 Å². The van der Waals surface area contributed by atoms with Crippen LogP contribution in [0.2, 0.25) is 5.02 Å². The van der Waals surface area contributed by atoms with Crippen LogP contribution in [0.15, 0.2) is 58.2 Å². The lowest BCUT2D eigenvalue weighted by atomic mass is 10.2. The van der Waals surface area contributed by atoms with Crippen molar-refractivity contribution in [2.75, 3.05) is 0 Å². The summed E-state index contributed by atoms with van der Waals surface area (Å²) in [5, 5.41) is 13.6. The minimum atomic E-state index is -0.315. The normalized spacial score (nSPS) is 11.1. The lowest BCUT2D eigenvalue weighted by molar-refractivity contribution is 0.425. The Morgan fingerprint density at radius 2 is 1.93 bits per heavy atom. The van der Waals surface area contributed by atoms with E-state index in [1.807, 2.05) is 19.2 Å². The van der Waals surface area contributed by atoms with Crippen LogP contribution in [0.25, 0.3) is 22.8 Å². The maximum absolute atomic E-state index is 13.4. The Morgan fingerprint density at radius 1 is 1.11 bits per heavy atom. The molecular formula is C18H13ClFN5OS. The van der Waals surface area contributed by atoms with E-state index in [1.54, 1.807) is 28.8 Å². The summed E-state index contributed by atoms with van der Waals surface area (Å²) in [5.41, 5.74) is 1.43. The Labute approximate surface area is 163 Å². The highest BCUT2D eigenvalue weighted by molar-refractivity contribution is 7.98. The molecule has 4 rings (SSSR count). The Bertz CT molecular complexity index is 1100. The number of thioether (sulfide) groups is 1. The lowest BCUT2D eigenvalue weighted by Gasteiger charge is -2.03. The van der Waals surface area contributed by atoms with E-state index >= 15 is 0 Å². The molecule has 0 saturated heterocycles. The highest BCUT2D eigenvalue weighted by atomic mass is 35.5. The third-order valence-electron chi connectivity index (χ3n) is 3.79. The summed E-state index contributed by atoms with van der Waals surface area (Å²) < 4.78 is 20.5. The fourth-order valence-electron chi connectivity index (χ4n) is 2.50. The molecule has 4 aromatic rings. The number of nitrogens with zero attached hydrogens (tertiary/aromatic N) is 5. The average Bonchev–Trinajstić information content (AvgIpc) is 3.27. The van der Waals surface area contributed by atoms with E-state index in [-0.39, 0.29) is 5.82 Å². The second-order valence-electron chi connectivity index (χ2n) is 5.69. The average molecular weight is 402 g/mol. The molecule has 27 heavy (non-hydrogen) atoms. The molecule has 2 aromatic carbocycles. The standard InChI is InChI=1S/C18H13ClFN5OS/c1-25-16(11-4-3-7-14(20)9-11)22-23-18(25)27-10-15-21-17(26-24-15)12-5-2-6-13(19)8-12/h2-9H,10H2,1H3. The van der Waals surface area contributed by atoms with Crippen molar-refractivity contribution in [3.05, 3.63) is 65.2 Å². The molecule has 0 aliphatic heterocycles. The van der Waals surface area contributed by atoms with Crippen LogP contribution in [0, 0.1) is 5.82 Å². The summed E-state index contributed by atoms with van der Waals surface area (Å²) in [6.07, 6.45) is 0. The molecule has 2 aromatic heterocycles. The molecule has 9 heteroatoms. The van der Waals surface area contributed by atoms with E-state index < -0.39 is 0 Å². The zero-order valence-corrected chi connectivity index (χ0v) is 15.7. The van der Waals surface area contributed by atoms with Crippen LogP contribution in [-0.2, 0) is 12.8 Å². The molecule has 0 unspecified atom stereocenters. The summed E-state index contributed by atoms with van der Waals surface area (Å²) in [6.45, 7) is 0. The summed E-state index contributed by atoms with van der Waals surface area (Å²) in [5.74, 6) is 1.67. The quantitative estimate of drug-likeness (QED) is 0.454. The minimum absolute atomic E-state index is 0.315. The molecule has 0 atom stereocenters. The van der Waals surface area contributed by atoms with Crippen molar-refractivity contribution in [1.82, 2.24) is 24.9 Å². The fourth-order valence-corrected chi connectivity index (χ4v) is 3.44. The number of aromatic nitrogens is 5. The second kappa shape index (κ2) is 7.50. The summed E-state index contributed by atoms with van der Waals surface area (Å²) >= 11 is 7.40. The number of halogens is 2. The molecule has 2 heterocycles. The molecule has 0 N–H and O–H groups in total. The SMILES string of the molecule is Cn1c(SCc2noc(-c3cccc(Cl)c3)n2)nnc1-c1cccc(F)c1. The van der Waals surface area contributed by atoms with Crippen LogP contribution >= 0.6 is 23.4 Å². The lowest BCUT2D eigenvalue weighted by Crippen LogP contribution is -1.95. The third kappa shape index (κ3) is 3.86. The Hall–Kier alpha value is -2.71. The molecule has 136 valence electrons. The van der Waals surface area contributed by atoms with Crippen molar-refractivity contribution >= 4 is 23.4 Å². The van der Waals surface area contributed by atoms with Gasteiger partial charge in [-0.3, -0.25) is 0 Å². The van der Waals surface area contributed by atoms with Crippen LogP contribution in [0.1, 0.15) is 5.82 Å². The van der Waals surface area contributed by atoms with Gasteiger partial charge in [0.05, 0.1) is 5.75 Å². The highest BCUT2D eigenvalue weighted by Crippen LogP contribution is 2.26. The van der Waals surface area contributed by atoms with E-state index in [0.717, 1.165) is 5.56 Å². The van der Waals surface area contributed by atoms with Crippen LogP contribution in [0.5, 0.6) is 0 Å². The topological polar surface area (TPSA) is 69.6 Å². The van der Waals surface area contributed by atoms with Crippen molar-refractivity contribution in [1.29, 1.82) is 0 Å². The van der Waals surface area contributed by atoms with Gasteiger partial charge in [0.1, 0.15) is 5.82 Å². The number of benzene rings is 2. The molecule has 0 amide bonds. The van der Waals surface area contributed by atoms with Crippen LogP contribution in [-0.4, -0.2) is 24.9 Å². The highest BCUT2D eigenvalue weighted by Gasteiger charge is 2.14. The van der Waals surface area contributed by atoms with Crippen LogP contribution in [0.3, 0.4) is 0 Å². The van der Waals surface area contributed by atoms with E-state index in [4.69, 9.17) is 16.1 Å². The van der Waals surface area contributed by atoms with Gasteiger partial charge in [0.25, 0.3) is 5.89 Å². The molecule has 0 fully saturated rings. The van der Waals surface area contributed by atoms with Crippen molar-refractivity contribution < 1.29 is 8.91 Å². The summed E-state index contributed by atoms with van der Waals surface area (Å²) in [4.78, 5) is 4.38. The second-order valence-corrected chi connectivity index (χ2v) is 7.07. The first-order chi connectivity index (χ1) is 13.1. The Balaban J connectivity index is 1.48. The van der Waals surface area contributed by atoms with Gasteiger partial charge in [0, 0.05) is 23.2 Å². The number of hydrogen-bond donors (Lipinski definition) is 0. The summed E-state index contributed by atoms with van der Waals surface area (Å²) in [7, 11) is 1.83. The molecule has 0 aliphatic carbocycles. The predicted octanol–water partition coefficient (Wildman–Crippen LogP) is 4.62. The zero-order valence-electron chi connectivity index (χ0n) is 14.1. The van der Waals surface area contributed by atoms with Gasteiger partial charge in [-0.25, -0.2) is 4.39 Å². The Kier molecular flexibility index (Phi) is 4.91. The largest absolute Gasteiger partial charge is 0.334 e. The van der Waals surface area contributed by atoms with Crippen molar-refractivity contribution in [3.8, 4) is 22.8 Å². The number of hydrogen-bond acceptors (Lipinski definition) is 6. The Morgan fingerprint density at radius 3 is 2.74 bits per heavy atom. The third-order valence-corrected chi connectivity index (χ3v) is 5.04. The number of rotatable bonds is 5. The van der Waals surface area contributed by atoms with Gasteiger partial charge < -0.3 is 9.09 Å². The monoisotopic (exact) mass is 401 g/mol. The maximum Gasteiger partial charge on any atom is 0.258 e. The van der Waals surface area contributed by atoms with Crippen LogP contribution in [0.4, 0.5) is 4.39 Å². The smallest absolute Gasteiger partial charge is 0.258 e. The summed E-state index contributed by atoms with van der Waals surface area (Å²) in [6, 6.07) is 13.5. The van der Waals surface area contributed by atoms with Gasteiger partial charge in [-0.1, -0.05) is 46.7 Å². The minimum Gasteiger partial charge on any atom is -0.334 e. The molecule has 6 nitrogen and oxygen atoms in total. The molecule has 0 saturated carbocycles. The van der Waals surface area contributed by atoms with Gasteiger partial charge >= 0.3 is 0 Å². The zero-order chi connectivity index (χ0) is 18.8. The van der Waals surface area contributed by atoms with Gasteiger partial charge in [-0.05, 0) is 30.3 Å². The molecule has 0 spiro atoms. The fraction of sp³-hybridized carbons (Fsp3) is 0.111. The maximum atomic E-state index is 13.4. The van der Waals surface area contributed by atoms with Gasteiger partial charge in [0.15, 0.2) is 16.8 Å². The van der Waals surface area contributed by atoms with E-state index in [0.29, 0.717) is 39.0 Å². The molecule has 0 aliphatic rings. The van der Waals surface area contributed by atoms with Crippen molar-refractivity contribution in [2.45, 2.75) is 10.9 Å². The van der Waals surface area contributed by atoms with Gasteiger partial charge in [0.2, 0.25) is 0 Å². The van der Waals surface area contributed by atoms with Gasteiger partial charge in [-0.15, -0.1) is 10.2 Å². The molecule has 0 bridgehead atoms. The molecular weight excluding hydrogens is 389 g/mol. The first kappa shape index (κ1) is 17.7. The predicted molar refractivity (Wildman–Crippen MR) is 101 cm³/mol. The van der Waals surface area contributed by atoms with E-state index in [2.05, 4.69) is 20.3 Å². The first-order valence-corrected chi connectivity index (χ1v) is 9.33. The first-order valence-electron chi connectivity index (χ1n) is 7.97. The van der Waals surface area contributed by atoms with Gasteiger partial charge in [-0.2, -0.15) is 4.98 Å². The van der Waals surface area contributed by atoms with E-state index in [9.17, 15) is 4.39 Å².